The molecule has 0 aromatic heterocycles. The van der Waals surface area contributed by atoms with E-state index in [1.807, 2.05) is 0 Å². The molecule has 1 amide bonds. The van der Waals surface area contributed by atoms with E-state index in [1.54, 1.807) is 6.92 Å². The number of benzene rings is 1. The van der Waals surface area contributed by atoms with Crippen molar-refractivity contribution in [1.82, 2.24) is 0 Å². The molecule has 1 aromatic rings. The van der Waals surface area contributed by atoms with E-state index in [-0.39, 0.29) is 19.1 Å². The summed E-state index contributed by atoms with van der Waals surface area (Å²) in [5.41, 5.74) is 0.699. The zero-order valence-corrected chi connectivity index (χ0v) is 9.91. The Morgan fingerprint density at radius 2 is 2.06 bits per heavy atom. The lowest BCUT2D eigenvalue weighted by Gasteiger charge is -2.34. The van der Waals surface area contributed by atoms with Crippen molar-refractivity contribution in [2.45, 2.75) is 19.4 Å². The zero-order valence-electron chi connectivity index (χ0n) is 9.91. The summed E-state index contributed by atoms with van der Waals surface area (Å²) >= 11 is 0. The van der Waals surface area contributed by atoms with Crippen LogP contribution in [0.2, 0.25) is 0 Å². The van der Waals surface area contributed by atoms with Gasteiger partial charge < -0.3 is 15.3 Å². The minimum Gasteiger partial charge on any atom is -0.396 e. The van der Waals surface area contributed by atoms with E-state index >= 15 is 0 Å². The number of anilines is 2. The molecule has 18 heavy (non-hydrogen) atoms. The first-order valence-electron chi connectivity index (χ1n) is 5.72. The van der Waals surface area contributed by atoms with Crippen molar-refractivity contribution in [2.24, 2.45) is 0 Å². The van der Waals surface area contributed by atoms with Crippen LogP contribution in [0.25, 0.3) is 0 Å². The fourth-order valence-electron chi connectivity index (χ4n) is 1.98. The molecule has 4 nitrogen and oxygen atoms in total. The number of amides is 1. The van der Waals surface area contributed by atoms with Crippen molar-refractivity contribution < 1.29 is 18.7 Å². The van der Waals surface area contributed by atoms with Crippen molar-refractivity contribution >= 4 is 17.3 Å². The number of carbonyl (C=O) groups excluding carboxylic acids is 1. The highest BCUT2D eigenvalue weighted by Crippen LogP contribution is 2.33. The fraction of sp³-hybridized carbons (Fsp3) is 0.417. The molecule has 0 saturated heterocycles. The van der Waals surface area contributed by atoms with Crippen molar-refractivity contribution in [2.75, 3.05) is 23.4 Å². The highest BCUT2D eigenvalue weighted by atomic mass is 19.2. The SMILES string of the molecule is CC1Nc2cc(F)c(F)cc2N(CCCO)C1=O. The van der Waals surface area contributed by atoms with E-state index in [0.29, 0.717) is 17.8 Å². The van der Waals surface area contributed by atoms with Crippen molar-refractivity contribution in [1.29, 1.82) is 0 Å². The predicted molar refractivity (Wildman–Crippen MR) is 63.5 cm³/mol. The molecular weight excluding hydrogens is 242 g/mol. The van der Waals surface area contributed by atoms with Gasteiger partial charge in [0, 0.05) is 25.3 Å². The van der Waals surface area contributed by atoms with Crippen molar-refractivity contribution in [3.8, 4) is 0 Å². The van der Waals surface area contributed by atoms with Crippen LogP contribution in [-0.4, -0.2) is 30.2 Å². The van der Waals surface area contributed by atoms with Crippen LogP contribution in [0.5, 0.6) is 0 Å². The van der Waals surface area contributed by atoms with Gasteiger partial charge in [0.15, 0.2) is 11.6 Å². The number of nitrogens with one attached hydrogen (secondary N) is 1. The number of aliphatic hydroxyl groups is 1. The Morgan fingerprint density at radius 1 is 1.39 bits per heavy atom. The fourth-order valence-corrected chi connectivity index (χ4v) is 1.98. The molecule has 0 aliphatic carbocycles. The molecule has 1 atom stereocenters. The summed E-state index contributed by atoms with van der Waals surface area (Å²) in [6, 6.07) is 1.54. The van der Waals surface area contributed by atoms with Gasteiger partial charge in [0.05, 0.1) is 11.4 Å². The normalized spacial score (nSPS) is 18.6. The Morgan fingerprint density at radius 3 is 2.72 bits per heavy atom. The highest BCUT2D eigenvalue weighted by molar-refractivity contribution is 6.04. The number of carbonyl (C=O) groups is 1. The van der Waals surface area contributed by atoms with E-state index in [4.69, 9.17) is 5.11 Å². The van der Waals surface area contributed by atoms with E-state index < -0.39 is 17.7 Å². The Hall–Kier alpha value is -1.69. The van der Waals surface area contributed by atoms with Gasteiger partial charge in [-0.25, -0.2) is 8.78 Å². The van der Waals surface area contributed by atoms with Crippen LogP contribution in [0, 0.1) is 11.6 Å². The average Bonchev–Trinajstić information content (AvgIpc) is 2.33. The van der Waals surface area contributed by atoms with Gasteiger partial charge in [-0.15, -0.1) is 0 Å². The summed E-state index contributed by atoms with van der Waals surface area (Å²) in [5, 5.41) is 11.6. The summed E-state index contributed by atoms with van der Waals surface area (Å²) in [7, 11) is 0. The van der Waals surface area contributed by atoms with Crippen LogP contribution in [0.1, 0.15) is 13.3 Å². The number of halogens is 2. The zero-order chi connectivity index (χ0) is 13.3. The molecule has 0 radical (unpaired) electrons. The molecule has 1 unspecified atom stereocenters. The lowest BCUT2D eigenvalue weighted by molar-refractivity contribution is -0.119. The minimum atomic E-state index is -0.994. The molecule has 1 heterocycles. The van der Waals surface area contributed by atoms with Crippen LogP contribution in [0.3, 0.4) is 0 Å². The molecule has 98 valence electrons. The lowest BCUT2D eigenvalue weighted by atomic mass is 10.1. The number of hydrogen-bond acceptors (Lipinski definition) is 3. The standard InChI is InChI=1S/C12H14F2N2O2/c1-7-12(18)16(3-2-4-17)11-6-9(14)8(13)5-10(11)15-7/h5-7,15,17H,2-4H2,1H3. The highest BCUT2D eigenvalue weighted by Gasteiger charge is 2.30. The van der Waals surface area contributed by atoms with Crippen LogP contribution in [-0.2, 0) is 4.79 Å². The van der Waals surface area contributed by atoms with Gasteiger partial charge >= 0.3 is 0 Å². The van der Waals surface area contributed by atoms with Crippen LogP contribution >= 0.6 is 0 Å². The molecule has 1 aliphatic heterocycles. The number of aliphatic hydroxyl groups excluding tert-OH is 1. The lowest BCUT2D eigenvalue weighted by Crippen LogP contribution is -2.46. The summed E-state index contributed by atoms with van der Waals surface area (Å²) in [5.74, 6) is -2.17. The van der Waals surface area contributed by atoms with Gasteiger partial charge in [-0.05, 0) is 13.3 Å². The summed E-state index contributed by atoms with van der Waals surface area (Å²) < 4.78 is 26.4. The topological polar surface area (TPSA) is 52.6 Å². The van der Waals surface area contributed by atoms with Gasteiger partial charge in [-0.3, -0.25) is 4.79 Å². The van der Waals surface area contributed by atoms with Gasteiger partial charge in [0.2, 0.25) is 5.91 Å². The van der Waals surface area contributed by atoms with Crippen molar-refractivity contribution in [3.63, 3.8) is 0 Å². The Balaban J connectivity index is 2.41. The Kier molecular flexibility index (Phi) is 3.47. The maximum Gasteiger partial charge on any atom is 0.249 e. The maximum atomic E-state index is 13.2. The molecular formula is C12H14F2N2O2. The maximum absolute atomic E-state index is 13.2. The third kappa shape index (κ3) is 2.15. The van der Waals surface area contributed by atoms with Gasteiger partial charge in [-0.2, -0.15) is 0 Å². The summed E-state index contributed by atoms with van der Waals surface area (Å²) in [6.45, 7) is 1.86. The summed E-state index contributed by atoms with van der Waals surface area (Å²) in [4.78, 5) is 13.3. The first-order valence-corrected chi connectivity index (χ1v) is 5.72. The van der Waals surface area contributed by atoms with Crippen LogP contribution in [0.4, 0.5) is 20.2 Å². The number of hydrogen-bond donors (Lipinski definition) is 2. The minimum absolute atomic E-state index is 0.0649. The molecule has 2 N–H and O–H groups in total. The van der Waals surface area contributed by atoms with E-state index in [1.165, 1.54) is 4.90 Å². The molecule has 0 spiro atoms. The molecule has 1 aliphatic rings. The molecule has 0 bridgehead atoms. The molecule has 2 rings (SSSR count). The number of fused-ring (bicyclic) bond motifs is 1. The largest absolute Gasteiger partial charge is 0.396 e. The third-order valence-corrected chi connectivity index (χ3v) is 2.88. The van der Waals surface area contributed by atoms with E-state index in [9.17, 15) is 13.6 Å². The van der Waals surface area contributed by atoms with Gasteiger partial charge in [-0.1, -0.05) is 0 Å². The van der Waals surface area contributed by atoms with Gasteiger partial charge in [0.1, 0.15) is 6.04 Å². The third-order valence-electron chi connectivity index (χ3n) is 2.88. The second-order valence-electron chi connectivity index (χ2n) is 4.22. The van der Waals surface area contributed by atoms with E-state index in [0.717, 1.165) is 12.1 Å². The smallest absolute Gasteiger partial charge is 0.249 e. The number of rotatable bonds is 3. The molecule has 6 heteroatoms. The second kappa shape index (κ2) is 4.89. The van der Waals surface area contributed by atoms with Gasteiger partial charge in [0.25, 0.3) is 0 Å². The average molecular weight is 256 g/mol. The Bertz CT molecular complexity index is 479. The molecule has 0 saturated carbocycles. The first kappa shape index (κ1) is 12.8. The van der Waals surface area contributed by atoms with Crippen molar-refractivity contribution in [3.05, 3.63) is 23.8 Å². The predicted octanol–water partition coefficient (Wildman–Crippen LogP) is 1.49. The quantitative estimate of drug-likeness (QED) is 0.861. The second-order valence-corrected chi connectivity index (χ2v) is 4.22. The summed E-state index contributed by atoms with van der Waals surface area (Å²) in [6.07, 6.45) is 0.386. The van der Waals surface area contributed by atoms with Crippen LogP contribution in [0.15, 0.2) is 12.1 Å². The monoisotopic (exact) mass is 256 g/mol. The number of nitrogens with zero attached hydrogens (tertiary/aromatic N) is 1. The molecule has 0 fully saturated rings. The Labute approximate surface area is 103 Å². The van der Waals surface area contributed by atoms with Crippen LogP contribution < -0.4 is 10.2 Å². The van der Waals surface area contributed by atoms with E-state index in [2.05, 4.69) is 5.32 Å². The molecule has 1 aromatic carbocycles. The first-order chi connectivity index (χ1) is 8.54.